The standard InChI is InChI=1S/C8H9ClFNO/c1-4(11)5-2-6(9)7(10)3-8(5)12/h2-4,12H,11H2,1H3/t4-/m1/s1. The zero-order valence-electron chi connectivity index (χ0n) is 6.51. The predicted octanol–water partition coefficient (Wildman–Crippen LogP) is 2.20. The molecule has 0 saturated heterocycles. The average molecular weight is 190 g/mol. The monoisotopic (exact) mass is 189 g/mol. The third kappa shape index (κ3) is 1.68. The highest BCUT2D eigenvalue weighted by molar-refractivity contribution is 6.30. The summed E-state index contributed by atoms with van der Waals surface area (Å²) in [5, 5.41) is 9.18. The molecule has 0 aliphatic heterocycles. The van der Waals surface area contributed by atoms with E-state index in [1.165, 1.54) is 6.07 Å². The first kappa shape index (κ1) is 9.29. The molecule has 3 N–H and O–H groups in total. The smallest absolute Gasteiger partial charge is 0.145 e. The number of aromatic hydroxyl groups is 1. The molecular formula is C8H9ClFNO. The van der Waals surface area contributed by atoms with E-state index in [-0.39, 0.29) is 16.8 Å². The first-order valence-electron chi connectivity index (χ1n) is 3.46. The second-order valence-electron chi connectivity index (χ2n) is 2.61. The van der Waals surface area contributed by atoms with Crippen LogP contribution in [0.3, 0.4) is 0 Å². The van der Waals surface area contributed by atoms with Crippen LogP contribution >= 0.6 is 11.6 Å². The van der Waals surface area contributed by atoms with E-state index < -0.39 is 5.82 Å². The summed E-state index contributed by atoms with van der Waals surface area (Å²) >= 11 is 5.49. The number of nitrogens with two attached hydrogens (primary N) is 1. The van der Waals surface area contributed by atoms with Gasteiger partial charge in [0.1, 0.15) is 11.6 Å². The minimum Gasteiger partial charge on any atom is -0.508 e. The fourth-order valence-electron chi connectivity index (χ4n) is 0.916. The molecule has 1 aromatic rings. The number of phenolic OH excluding ortho intramolecular Hbond substituents is 1. The lowest BCUT2D eigenvalue weighted by Gasteiger charge is -2.08. The lowest BCUT2D eigenvalue weighted by Crippen LogP contribution is -2.05. The quantitative estimate of drug-likeness (QED) is 0.712. The second-order valence-corrected chi connectivity index (χ2v) is 3.02. The fourth-order valence-corrected chi connectivity index (χ4v) is 1.09. The number of rotatable bonds is 1. The van der Waals surface area contributed by atoms with Crippen molar-refractivity contribution in [1.29, 1.82) is 0 Å². The van der Waals surface area contributed by atoms with Gasteiger partial charge in [0.15, 0.2) is 0 Å². The Hall–Kier alpha value is -0.800. The summed E-state index contributed by atoms with van der Waals surface area (Å²) < 4.78 is 12.7. The van der Waals surface area contributed by atoms with Crippen LogP contribution in [0.2, 0.25) is 5.02 Å². The van der Waals surface area contributed by atoms with E-state index in [1.54, 1.807) is 6.92 Å². The molecule has 66 valence electrons. The van der Waals surface area contributed by atoms with Gasteiger partial charge in [0.05, 0.1) is 5.02 Å². The molecule has 0 saturated carbocycles. The van der Waals surface area contributed by atoms with Gasteiger partial charge in [-0.15, -0.1) is 0 Å². The van der Waals surface area contributed by atoms with Gasteiger partial charge in [-0.3, -0.25) is 0 Å². The molecule has 0 aromatic heterocycles. The van der Waals surface area contributed by atoms with Crippen molar-refractivity contribution >= 4 is 11.6 Å². The molecule has 0 aliphatic rings. The van der Waals surface area contributed by atoms with E-state index in [0.29, 0.717) is 5.56 Å². The summed E-state index contributed by atoms with van der Waals surface area (Å²) in [5.74, 6) is -0.800. The SMILES string of the molecule is C[C@@H](N)c1cc(Cl)c(F)cc1O. The van der Waals surface area contributed by atoms with Gasteiger partial charge in [0.2, 0.25) is 0 Å². The van der Waals surface area contributed by atoms with Gasteiger partial charge in [-0.2, -0.15) is 0 Å². The van der Waals surface area contributed by atoms with E-state index in [4.69, 9.17) is 17.3 Å². The van der Waals surface area contributed by atoms with Crippen molar-refractivity contribution in [3.8, 4) is 5.75 Å². The molecule has 0 heterocycles. The molecule has 0 fully saturated rings. The molecule has 4 heteroatoms. The van der Waals surface area contributed by atoms with Crippen LogP contribution in [0, 0.1) is 5.82 Å². The molecular weight excluding hydrogens is 181 g/mol. The largest absolute Gasteiger partial charge is 0.508 e. The van der Waals surface area contributed by atoms with Crippen LogP contribution in [-0.4, -0.2) is 5.11 Å². The van der Waals surface area contributed by atoms with Gasteiger partial charge >= 0.3 is 0 Å². The Labute approximate surface area is 74.8 Å². The van der Waals surface area contributed by atoms with Crippen molar-refractivity contribution in [2.75, 3.05) is 0 Å². The summed E-state index contributed by atoms with van der Waals surface area (Å²) in [6, 6.07) is 1.93. The molecule has 0 unspecified atom stereocenters. The first-order chi connectivity index (χ1) is 5.52. The third-order valence-corrected chi connectivity index (χ3v) is 1.85. The maximum Gasteiger partial charge on any atom is 0.145 e. The molecule has 1 aromatic carbocycles. The van der Waals surface area contributed by atoms with Crippen LogP contribution in [0.25, 0.3) is 0 Å². The molecule has 0 aliphatic carbocycles. The van der Waals surface area contributed by atoms with Gasteiger partial charge < -0.3 is 10.8 Å². The molecule has 0 bridgehead atoms. The minimum atomic E-state index is -0.640. The van der Waals surface area contributed by atoms with E-state index in [2.05, 4.69) is 0 Å². The van der Waals surface area contributed by atoms with Gasteiger partial charge in [-0.05, 0) is 13.0 Å². The minimum absolute atomic E-state index is 0.0277. The average Bonchev–Trinajstić information content (AvgIpc) is 1.96. The summed E-state index contributed by atoms with van der Waals surface area (Å²) in [7, 11) is 0. The Kier molecular flexibility index (Phi) is 2.55. The van der Waals surface area contributed by atoms with Crippen LogP contribution in [0.5, 0.6) is 5.75 Å². The van der Waals surface area contributed by atoms with Crippen LogP contribution in [-0.2, 0) is 0 Å². The van der Waals surface area contributed by atoms with Gasteiger partial charge in [-0.25, -0.2) is 4.39 Å². The maximum atomic E-state index is 12.7. The Morgan fingerprint density at radius 2 is 2.17 bits per heavy atom. The van der Waals surface area contributed by atoms with Crippen LogP contribution < -0.4 is 5.73 Å². The first-order valence-corrected chi connectivity index (χ1v) is 3.83. The molecule has 1 atom stereocenters. The Morgan fingerprint density at radius 1 is 1.58 bits per heavy atom. The van der Waals surface area contributed by atoms with Crippen LogP contribution in [0.1, 0.15) is 18.5 Å². The Morgan fingerprint density at radius 3 is 2.67 bits per heavy atom. The van der Waals surface area contributed by atoms with Crippen molar-refractivity contribution in [1.82, 2.24) is 0 Å². The van der Waals surface area contributed by atoms with Crippen molar-refractivity contribution in [3.05, 3.63) is 28.5 Å². The van der Waals surface area contributed by atoms with Crippen molar-refractivity contribution in [2.24, 2.45) is 5.73 Å². The lowest BCUT2D eigenvalue weighted by molar-refractivity contribution is 0.457. The number of benzene rings is 1. The van der Waals surface area contributed by atoms with E-state index >= 15 is 0 Å². The third-order valence-electron chi connectivity index (χ3n) is 1.56. The van der Waals surface area contributed by atoms with Crippen molar-refractivity contribution < 1.29 is 9.50 Å². The van der Waals surface area contributed by atoms with Crippen LogP contribution in [0.15, 0.2) is 12.1 Å². The number of halogens is 2. The van der Waals surface area contributed by atoms with Gasteiger partial charge in [0.25, 0.3) is 0 Å². The van der Waals surface area contributed by atoms with E-state index in [0.717, 1.165) is 6.07 Å². The number of hydrogen-bond donors (Lipinski definition) is 2. The topological polar surface area (TPSA) is 46.2 Å². The molecule has 1 rings (SSSR count). The summed E-state index contributed by atoms with van der Waals surface area (Å²) in [6.45, 7) is 1.68. The highest BCUT2D eigenvalue weighted by Gasteiger charge is 2.10. The van der Waals surface area contributed by atoms with E-state index in [1.807, 2.05) is 0 Å². The summed E-state index contributed by atoms with van der Waals surface area (Å²) in [5.41, 5.74) is 5.94. The summed E-state index contributed by atoms with van der Waals surface area (Å²) in [6.07, 6.45) is 0. The number of phenols is 1. The maximum absolute atomic E-state index is 12.7. The zero-order valence-corrected chi connectivity index (χ0v) is 7.27. The molecule has 0 spiro atoms. The molecule has 0 radical (unpaired) electrons. The zero-order chi connectivity index (χ0) is 9.30. The Balaban J connectivity index is 3.23. The van der Waals surface area contributed by atoms with Gasteiger partial charge in [0, 0.05) is 17.7 Å². The molecule has 2 nitrogen and oxygen atoms in total. The normalized spacial score (nSPS) is 13.0. The highest BCUT2D eigenvalue weighted by atomic mass is 35.5. The predicted molar refractivity (Wildman–Crippen MR) is 45.7 cm³/mol. The fraction of sp³-hybridized carbons (Fsp3) is 0.250. The Bertz CT molecular complexity index is 301. The van der Waals surface area contributed by atoms with Crippen molar-refractivity contribution in [3.63, 3.8) is 0 Å². The van der Waals surface area contributed by atoms with Crippen molar-refractivity contribution in [2.45, 2.75) is 13.0 Å². The van der Waals surface area contributed by atoms with Crippen LogP contribution in [0.4, 0.5) is 4.39 Å². The lowest BCUT2D eigenvalue weighted by atomic mass is 10.1. The second kappa shape index (κ2) is 3.29. The summed E-state index contributed by atoms with van der Waals surface area (Å²) in [4.78, 5) is 0. The number of hydrogen-bond acceptors (Lipinski definition) is 2. The molecule has 0 amide bonds. The van der Waals surface area contributed by atoms with E-state index in [9.17, 15) is 9.50 Å². The molecule has 12 heavy (non-hydrogen) atoms. The van der Waals surface area contributed by atoms with Gasteiger partial charge in [-0.1, -0.05) is 11.6 Å². The highest BCUT2D eigenvalue weighted by Crippen LogP contribution is 2.28.